The van der Waals surface area contributed by atoms with Gasteiger partial charge in [0.2, 0.25) is 11.8 Å². The van der Waals surface area contributed by atoms with Gasteiger partial charge < -0.3 is 25.6 Å². The van der Waals surface area contributed by atoms with Crippen LogP contribution in [0.1, 0.15) is 149 Å². The number of aliphatic hydroxyl groups excluding tert-OH is 1. The number of carboxylic acid groups (broad SMARTS) is 1. The van der Waals surface area contributed by atoms with E-state index in [1.165, 1.54) is 0 Å². The Morgan fingerprint density at radius 1 is 0.534 bits per heavy atom. The third kappa shape index (κ3) is 38.4. The molecule has 0 saturated carbocycles. The first-order valence-electron chi connectivity index (χ1n) is 21.8. The largest absolute Gasteiger partial charge is 0.480 e. The number of aliphatic hydroxyl groups is 1. The van der Waals surface area contributed by atoms with Crippen molar-refractivity contribution < 1.29 is 34.1 Å². The summed E-state index contributed by atoms with van der Waals surface area (Å²) in [5.41, 5.74) is 0. The Hall–Kier alpha value is -4.50. The van der Waals surface area contributed by atoms with Crippen LogP contribution in [0.3, 0.4) is 0 Å². The summed E-state index contributed by atoms with van der Waals surface area (Å²) in [4.78, 5) is 47.5. The Morgan fingerprint density at radius 2 is 0.983 bits per heavy atom. The summed E-state index contributed by atoms with van der Waals surface area (Å²) in [5, 5.41) is 22.5. The summed E-state index contributed by atoms with van der Waals surface area (Å²) in [6, 6.07) is -1.40. The molecule has 0 rings (SSSR count). The number of carbonyl (C=O) groups is 4. The molecule has 2 unspecified atom stereocenters. The van der Waals surface area contributed by atoms with Gasteiger partial charge in [-0.15, -0.1) is 0 Å². The van der Waals surface area contributed by atoms with Crippen LogP contribution in [-0.2, 0) is 23.9 Å². The lowest BCUT2D eigenvalue weighted by Gasteiger charge is -2.14. The molecule has 0 aliphatic heterocycles. The monoisotopic (exact) mass is 805 g/mol. The van der Waals surface area contributed by atoms with Crippen LogP contribution in [-0.4, -0.2) is 59.3 Å². The molecule has 0 spiro atoms. The van der Waals surface area contributed by atoms with Gasteiger partial charge in [-0.25, -0.2) is 4.79 Å². The molecule has 4 N–H and O–H groups in total. The highest BCUT2D eigenvalue weighted by atomic mass is 16.5. The highest BCUT2D eigenvalue weighted by Crippen LogP contribution is 2.14. The predicted octanol–water partition coefficient (Wildman–Crippen LogP) is 10.8. The fourth-order valence-electron chi connectivity index (χ4n) is 5.47. The number of rotatable bonds is 37. The van der Waals surface area contributed by atoms with Crippen LogP contribution in [0, 0.1) is 0 Å². The molecule has 0 heterocycles. The third-order valence-corrected chi connectivity index (χ3v) is 8.75. The summed E-state index contributed by atoms with van der Waals surface area (Å²) >= 11 is 0. The molecule has 0 bridgehead atoms. The van der Waals surface area contributed by atoms with E-state index in [1.807, 2.05) is 6.08 Å². The Kier molecular flexibility index (Phi) is 38.8. The summed E-state index contributed by atoms with van der Waals surface area (Å²) in [7, 11) is 0. The average molecular weight is 805 g/mol. The van der Waals surface area contributed by atoms with Crippen molar-refractivity contribution in [3.05, 3.63) is 109 Å². The molecule has 0 fully saturated rings. The van der Waals surface area contributed by atoms with Crippen molar-refractivity contribution >= 4 is 23.8 Å². The maximum absolute atomic E-state index is 12.8. The van der Waals surface area contributed by atoms with Gasteiger partial charge in [0.25, 0.3) is 0 Å². The van der Waals surface area contributed by atoms with E-state index in [-0.39, 0.29) is 30.9 Å². The summed E-state index contributed by atoms with van der Waals surface area (Å²) in [5.74, 6) is -2.46. The first-order chi connectivity index (χ1) is 28.3. The van der Waals surface area contributed by atoms with Crippen LogP contribution < -0.4 is 10.6 Å². The van der Waals surface area contributed by atoms with Crippen molar-refractivity contribution in [2.45, 2.75) is 161 Å². The minimum atomic E-state index is -1.40. The molecule has 2 amide bonds. The molecule has 0 aromatic carbocycles. The molecule has 0 aromatic rings. The number of allylic oxidation sites excluding steroid dienone is 17. The lowest BCUT2D eigenvalue weighted by Crippen LogP contribution is -2.47. The van der Waals surface area contributed by atoms with E-state index >= 15 is 0 Å². The second-order valence-electron chi connectivity index (χ2n) is 14.0. The number of esters is 1. The maximum atomic E-state index is 12.8. The average Bonchev–Trinajstić information content (AvgIpc) is 3.21. The first-order valence-corrected chi connectivity index (χ1v) is 21.8. The van der Waals surface area contributed by atoms with Crippen LogP contribution in [0.15, 0.2) is 109 Å². The number of hydrogen-bond acceptors (Lipinski definition) is 6. The zero-order valence-electron chi connectivity index (χ0n) is 35.7. The lowest BCUT2D eigenvalue weighted by atomic mass is 10.1. The quantitative estimate of drug-likeness (QED) is 0.0278. The Balaban J connectivity index is 4.49. The van der Waals surface area contributed by atoms with Crippen LogP contribution in [0.2, 0.25) is 0 Å². The zero-order valence-corrected chi connectivity index (χ0v) is 35.7. The predicted molar refractivity (Wildman–Crippen MR) is 240 cm³/mol. The maximum Gasteiger partial charge on any atom is 0.328 e. The van der Waals surface area contributed by atoms with Crippen molar-refractivity contribution in [2.24, 2.45) is 0 Å². The molecule has 324 valence electrons. The number of carbonyl (C=O) groups excluding carboxylic acids is 3. The second-order valence-corrected chi connectivity index (χ2v) is 14.0. The van der Waals surface area contributed by atoms with Gasteiger partial charge in [-0.3, -0.25) is 14.4 Å². The summed E-state index contributed by atoms with van der Waals surface area (Å²) < 4.78 is 5.90. The van der Waals surface area contributed by atoms with E-state index in [9.17, 15) is 19.2 Å². The van der Waals surface area contributed by atoms with E-state index < -0.39 is 24.5 Å². The number of nitrogens with one attached hydrogen (secondary N) is 2. The Bertz CT molecular complexity index is 1340. The normalized spacial score (nSPS) is 13.6. The van der Waals surface area contributed by atoms with Crippen LogP contribution in [0.4, 0.5) is 0 Å². The topological polar surface area (TPSA) is 142 Å². The van der Waals surface area contributed by atoms with Crippen molar-refractivity contribution in [3.8, 4) is 0 Å². The molecule has 58 heavy (non-hydrogen) atoms. The van der Waals surface area contributed by atoms with E-state index in [1.54, 1.807) is 0 Å². The molecular formula is C49H76N2O7. The smallest absolute Gasteiger partial charge is 0.328 e. The van der Waals surface area contributed by atoms with Gasteiger partial charge in [0.15, 0.2) is 0 Å². The minimum Gasteiger partial charge on any atom is -0.480 e. The van der Waals surface area contributed by atoms with Gasteiger partial charge in [0, 0.05) is 12.8 Å². The molecule has 0 saturated heterocycles. The van der Waals surface area contributed by atoms with Crippen molar-refractivity contribution in [2.75, 3.05) is 13.2 Å². The third-order valence-electron chi connectivity index (χ3n) is 8.75. The first kappa shape index (κ1) is 53.5. The van der Waals surface area contributed by atoms with E-state index in [0.29, 0.717) is 12.8 Å². The van der Waals surface area contributed by atoms with Crippen molar-refractivity contribution in [1.82, 2.24) is 10.6 Å². The van der Waals surface area contributed by atoms with Gasteiger partial charge >= 0.3 is 11.9 Å². The van der Waals surface area contributed by atoms with Crippen LogP contribution in [0.25, 0.3) is 0 Å². The minimum absolute atomic E-state index is 0.156. The summed E-state index contributed by atoms with van der Waals surface area (Å²) in [6.45, 7) is 3.21. The van der Waals surface area contributed by atoms with Gasteiger partial charge in [-0.05, 0) is 102 Å². The number of unbranched alkanes of at least 4 members (excludes halogenated alkanes) is 7. The van der Waals surface area contributed by atoms with Gasteiger partial charge in [0.1, 0.15) is 12.1 Å². The summed E-state index contributed by atoms with van der Waals surface area (Å²) in [6.07, 6.45) is 57.0. The standard InChI is InChI=1S/C49H76N2O7/c1-3-5-7-9-11-13-15-16-17-18-19-20-21-22-24-26-28-33-37-41-48(55)58-44(38-34-30-27-25-23-14-12-10-8-6-4-2)39-35-31-29-32-36-40-46(53)50-42-47(54)51-45(43-52)49(56)57/h5-8,11-14,16-17,19-20,22,24-25,27,34,38,44-45,52H,3-4,9-10,15,18,21,23,26,28-33,35-37,39-43H2,1-2H3,(H,50,53)(H,51,54)(H,56,57)/b7-5-,8-6-,13-11-,14-12-,17-16-,20-19-,24-22-,27-25-,38-34-. The van der Waals surface area contributed by atoms with E-state index in [4.69, 9.17) is 14.9 Å². The fourth-order valence-corrected chi connectivity index (χ4v) is 5.47. The molecule has 0 aliphatic carbocycles. The van der Waals surface area contributed by atoms with Crippen molar-refractivity contribution in [3.63, 3.8) is 0 Å². The highest BCUT2D eigenvalue weighted by molar-refractivity contribution is 5.87. The van der Waals surface area contributed by atoms with Gasteiger partial charge in [-0.1, -0.05) is 143 Å². The molecular weight excluding hydrogens is 729 g/mol. The van der Waals surface area contributed by atoms with Gasteiger partial charge in [0.05, 0.1) is 13.2 Å². The number of aliphatic carboxylic acids is 1. The lowest BCUT2D eigenvalue weighted by molar-refractivity contribution is -0.147. The number of carboxylic acids is 1. The molecule has 2 atom stereocenters. The Labute approximate surface area is 350 Å². The number of hydrogen-bond donors (Lipinski definition) is 4. The molecule has 9 heteroatoms. The number of amides is 2. The van der Waals surface area contributed by atoms with E-state index in [2.05, 4.69) is 128 Å². The SMILES string of the molecule is CC/C=C\C/C=C\C/C=C\C/C=C\C/C=C\CCCCCC(=O)OC(/C=C\C/C=C\C/C=C\C/C=C\CC)CCCCCCCC(=O)NCC(=O)NC(CO)C(=O)O. The molecule has 9 nitrogen and oxygen atoms in total. The van der Waals surface area contributed by atoms with Crippen LogP contribution in [0.5, 0.6) is 0 Å². The highest BCUT2D eigenvalue weighted by Gasteiger charge is 2.18. The second kappa shape index (κ2) is 42.1. The van der Waals surface area contributed by atoms with Gasteiger partial charge in [-0.2, -0.15) is 0 Å². The van der Waals surface area contributed by atoms with Crippen LogP contribution >= 0.6 is 0 Å². The fraction of sp³-hybridized carbons (Fsp3) is 0.551. The molecule has 0 aliphatic rings. The van der Waals surface area contributed by atoms with Crippen molar-refractivity contribution in [1.29, 1.82) is 0 Å². The van der Waals surface area contributed by atoms with E-state index in [0.717, 1.165) is 116 Å². The zero-order chi connectivity index (χ0) is 42.6. The molecule has 0 radical (unpaired) electrons. The molecule has 0 aromatic heterocycles. The number of ether oxygens (including phenoxy) is 1. The Morgan fingerprint density at radius 3 is 1.50 bits per heavy atom.